The maximum absolute atomic E-state index is 11.4. The van der Waals surface area contributed by atoms with Gasteiger partial charge in [-0.25, -0.2) is 4.79 Å². The molecule has 1 N–H and O–H groups in total. The standard InChI is InChI=1S/C12H12BrNO3/c1-2-5-12(16)17-8-11(15)14-10-7-4-3-6-9(10)13/h2-7H,8H2,1H3,(H,14,15). The molecule has 0 aliphatic heterocycles. The fourth-order valence-corrected chi connectivity index (χ4v) is 1.45. The number of hydrogen-bond acceptors (Lipinski definition) is 3. The van der Waals surface area contributed by atoms with E-state index in [2.05, 4.69) is 21.2 Å². The topological polar surface area (TPSA) is 55.4 Å². The van der Waals surface area contributed by atoms with Crippen molar-refractivity contribution in [3.63, 3.8) is 0 Å². The maximum Gasteiger partial charge on any atom is 0.330 e. The lowest BCUT2D eigenvalue weighted by atomic mass is 10.3. The summed E-state index contributed by atoms with van der Waals surface area (Å²) in [5.74, 6) is -0.912. The molecule has 0 spiro atoms. The van der Waals surface area contributed by atoms with E-state index < -0.39 is 5.97 Å². The molecule has 0 atom stereocenters. The summed E-state index contributed by atoms with van der Waals surface area (Å²) in [4.78, 5) is 22.4. The number of halogens is 1. The van der Waals surface area contributed by atoms with Crippen LogP contribution in [0, 0.1) is 0 Å². The SMILES string of the molecule is CC=CC(=O)OCC(=O)Nc1ccccc1Br. The molecule has 0 saturated carbocycles. The fraction of sp³-hybridized carbons (Fsp3) is 0.167. The van der Waals surface area contributed by atoms with Crippen LogP contribution < -0.4 is 5.32 Å². The van der Waals surface area contributed by atoms with E-state index in [0.29, 0.717) is 5.69 Å². The van der Waals surface area contributed by atoms with E-state index in [4.69, 9.17) is 4.74 Å². The summed E-state index contributed by atoms with van der Waals surface area (Å²) >= 11 is 3.30. The predicted molar refractivity (Wildman–Crippen MR) is 68.5 cm³/mol. The van der Waals surface area contributed by atoms with Gasteiger partial charge in [-0.3, -0.25) is 4.79 Å². The van der Waals surface area contributed by atoms with E-state index in [-0.39, 0.29) is 12.5 Å². The number of anilines is 1. The number of amides is 1. The van der Waals surface area contributed by atoms with Gasteiger partial charge in [0.2, 0.25) is 0 Å². The smallest absolute Gasteiger partial charge is 0.330 e. The number of benzene rings is 1. The highest BCUT2D eigenvalue weighted by atomic mass is 79.9. The van der Waals surface area contributed by atoms with Crippen LogP contribution >= 0.6 is 15.9 Å². The van der Waals surface area contributed by atoms with Gasteiger partial charge in [0.1, 0.15) is 0 Å². The molecule has 0 aliphatic rings. The van der Waals surface area contributed by atoms with Gasteiger partial charge in [-0.2, -0.15) is 0 Å². The molecule has 0 saturated heterocycles. The van der Waals surface area contributed by atoms with Crippen molar-refractivity contribution in [1.82, 2.24) is 0 Å². The first-order valence-electron chi connectivity index (χ1n) is 4.97. The highest BCUT2D eigenvalue weighted by molar-refractivity contribution is 9.10. The molecule has 0 aromatic heterocycles. The number of esters is 1. The summed E-state index contributed by atoms with van der Waals surface area (Å²) in [7, 11) is 0. The van der Waals surface area contributed by atoms with E-state index in [1.165, 1.54) is 6.08 Å². The van der Waals surface area contributed by atoms with Crippen LogP contribution in [0.4, 0.5) is 5.69 Å². The Morgan fingerprint density at radius 1 is 1.41 bits per heavy atom. The van der Waals surface area contributed by atoms with Crippen molar-refractivity contribution < 1.29 is 14.3 Å². The molecule has 0 heterocycles. The van der Waals surface area contributed by atoms with E-state index in [9.17, 15) is 9.59 Å². The average molecular weight is 298 g/mol. The zero-order valence-corrected chi connectivity index (χ0v) is 10.9. The Morgan fingerprint density at radius 3 is 2.76 bits per heavy atom. The Bertz CT molecular complexity index is 443. The van der Waals surface area contributed by atoms with Crippen LogP contribution in [0.25, 0.3) is 0 Å². The highest BCUT2D eigenvalue weighted by Crippen LogP contribution is 2.20. The van der Waals surface area contributed by atoms with Gasteiger partial charge < -0.3 is 10.1 Å². The lowest BCUT2D eigenvalue weighted by molar-refractivity contribution is -0.142. The van der Waals surface area contributed by atoms with Crippen molar-refractivity contribution in [3.05, 3.63) is 40.9 Å². The van der Waals surface area contributed by atoms with Gasteiger partial charge >= 0.3 is 5.97 Å². The number of carbonyl (C=O) groups is 2. The Morgan fingerprint density at radius 2 is 2.12 bits per heavy atom. The average Bonchev–Trinajstić information content (AvgIpc) is 2.30. The van der Waals surface area contributed by atoms with Crippen molar-refractivity contribution in [1.29, 1.82) is 0 Å². The summed E-state index contributed by atoms with van der Waals surface area (Å²) in [5.41, 5.74) is 0.639. The molecule has 1 amide bonds. The first-order valence-corrected chi connectivity index (χ1v) is 5.76. The van der Waals surface area contributed by atoms with Crippen molar-refractivity contribution in [2.75, 3.05) is 11.9 Å². The summed E-state index contributed by atoms with van der Waals surface area (Å²) in [6, 6.07) is 7.19. The van der Waals surface area contributed by atoms with Crippen LogP contribution in [0.2, 0.25) is 0 Å². The van der Waals surface area contributed by atoms with Gasteiger partial charge in [-0.1, -0.05) is 18.2 Å². The van der Waals surface area contributed by atoms with Gasteiger partial charge in [0, 0.05) is 10.5 Å². The van der Waals surface area contributed by atoms with Crippen molar-refractivity contribution >= 4 is 33.5 Å². The zero-order valence-electron chi connectivity index (χ0n) is 9.27. The molecule has 90 valence electrons. The molecule has 0 fully saturated rings. The molecule has 4 nitrogen and oxygen atoms in total. The zero-order chi connectivity index (χ0) is 12.7. The molecule has 0 radical (unpaired) electrons. The Kier molecular flexibility index (Phi) is 5.42. The number of ether oxygens (including phenoxy) is 1. The van der Waals surface area contributed by atoms with E-state index >= 15 is 0 Å². The Labute approximate surface area is 108 Å². The van der Waals surface area contributed by atoms with Crippen LogP contribution in [0.5, 0.6) is 0 Å². The number of carbonyl (C=O) groups excluding carboxylic acids is 2. The minimum atomic E-state index is -0.533. The van der Waals surface area contributed by atoms with E-state index in [1.54, 1.807) is 31.2 Å². The van der Waals surface area contributed by atoms with Crippen LogP contribution in [0.1, 0.15) is 6.92 Å². The van der Waals surface area contributed by atoms with Crippen molar-refractivity contribution in [2.45, 2.75) is 6.92 Å². The van der Waals surface area contributed by atoms with E-state index in [1.807, 2.05) is 6.07 Å². The second kappa shape index (κ2) is 6.85. The van der Waals surface area contributed by atoms with Crippen LogP contribution in [0.3, 0.4) is 0 Å². The van der Waals surface area contributed by atoms with Crippen LogP contribution in [0.15, 0.2) is 40.9 Å². The maximum atomic E-state index is 11.4. The monoisotopic (exact) mass is 297 g/mol. The van der Waals surface area contributed by atoms with Crippen LogP contribution in [-0.4, -0.2) is 18.5 Å². The number of allylic oxidation sites excluding steroid dienone is 1. The third kappa shape index (κ3) is 4.82. The third-order valence-corrected chi connectivity index (χ3v) is 2.49. The third-order valence-electron chi connectivity index (χ3n) is 1.80. The van der Waals surface area contributed by atoms with Gasteiger partial charge in [0.25, 0.3) is 5.91 Å². The highest BCUT2D eigenvalue weighted by Gasteiger charge is 2.06. The molecule has 1 aromatic rings. The molecular weight excluding hydrogens is 286 g/mol. The predicted octanol–water partition coefficient (Wildman–Crippen LogP) is 2.51. The minimum Gasteiger partial charge on any atom is -0.452 e. The summed E-state index contributed by atoms with van der Waals surface area (Å²) in [6.07, 6.45) is 2.81. The largest absolute Gasteiger partial charge is 0.452 e. The first kappa shape index (κ1) is 13.4. The molecule has 0 unspecified atom stereocenters. The summed E-state index contributed by atoms with van der Waals surface area (Å²) in [5, 5.41) is 2.62. The van der Waals surface area contributed by atoms with Gasteiger partial charge in [0.05, 0.1) is 5.69 Å². The Hall–Kier alpha value is -1.62. The lowest BCUT2D eigenvalue weighted by Crippen LogP contribution is -2.20. The number of para-hydroxylation sites is 1. The second-order valence-electron chi connectivity index (χ2n) is 3.14. The van der Waals surface area contributed by atoms with Crippen molar-refractivity contribution in [3.8, 4) is 0 Å². The number of rotatable bonds is 4. The van der Waals surface area contributed by atoms with Gasteiger partial charge in [-0.05, 0) is 35.0 Å². The molecule has 1 aromatic carbocycles. The Balaban J connectivity index is 2.45. The molecule has 1 rings (SSSR count). The normalized spacial score (nSPS) is 10.2. The molecule has 0 aliphatic carbocycles. The minimum absolute atomic E-state index is 0.301. The van der Waals surface area contributed by atoms with Gasteiger partial charge in [0.15, 0.2) is 6.61 Å². The lowest BCUT2D eigenvalue weighted by Gasteiger charge is -2.06. The quantitative estimate of drug-likeness (QED) is 0.686. The summed E-state index contributed by atoms with van der Waals surface area (Å²) < 4.78 is 5.47. The number of nitrogens with one attached hydrogen (secondary N) is 1. The van der Waals surface area contributed by atoms with Crippen LogP contribution in [-0.2, 0) is 14.3 Å². The number of hydrogen-bond donors (Lipinski definition) is 1. The molecule has 5 heteroatoms. The second-order valence-corrected chi connectivity index (χ2v) is 3.99. The van der Waals surface area contributed by atoms with Gasteiger partial charge in [-0.15, -0.1) is 0 Å². The fourth-order valence-electron chi connectivity index (χ4n) is 1.07. The molecule has 0 bridgehead atoms. The van der Waals surface area contributed by atoms with Crippen molar-refractivity contribution in [2.24, 2.45) is 0 Å². The summed E-state index contributed by atoms with van der Waals surface area (Å²) in [6.45, 7) is 1.40. The van der Waals surface area contributed by atoms with E-state index in [0.717, 1.165) is 4.47 Å². The molecule has 17 heavy (non-hydrogen) atoms. The molecular formula is C12H12BrNO3. The first-order chi connectivity index (χ1) is 8.13.